The summed E-state index contributed by atoms with van der Waals surface area (Å²) < 4.78 is 1.52. The molecular weight excluding hydrogens is 282 g/mol. The van der Waals surface area contributed by atoms with Crippen LogP contribution < -0.4 is 5.32 Å². The van der Waals surface area contributed by atoms with Gasteiger partial charge in [0.2, 0.25) is 0 Å². The van der Waals surface area contributed by atoms with Crippen molar-refractivity contribution in [3.63, 3.8) is 0 Å². The summed E-state index contributed by atoms with van der Waals surface area (Å²) in [6, 6.07) is 8.97. The van der Waals surface area contributed by atoms with Crippen molar-refractivity contribution in [2.45, 2.75) is 18.8 Å². The first-order chi connectivity index (χ1) is 10.5. The van der Waals surface area contributed by atoms with Gasteiger partial charge in [-0.05, 0) is 12.0 Å². The molecule has 0 aliphatic heterocycles. The van der Waals surface area contributed by atoms with Gasteiger partial charge < -0.3 is 10.4 Å². The Hall–Kier alpha value is -2.63. The molecule has 0 fully saturated rings. The van der Waals surface area contributed by atoms with E-state index in [-0.39, 0.29) is 12.5 Å². The number of hydrogen-bond acceptors (Lipinski definition) is 3. The number of nitrogens with one attached hydrogen (secondary N) is 1. The molecule has 6 heteroatoms. The SMILES string of the molecule is CCC(CNC(=O)c1cnn(C)c1)(C(=O)O)c1ccccc1. The maximum absolute atomic E-state index is 12.1. The van der Waals surface area contributed by atoms with E-state index in [1.54, 1.807) is 44.4 Å². The summed E-state index contributed by atoms with van der Waals surface area (Å²) in [6.07, 6.45) is 3.41. The zero-order chi connectivity index (χ0) is 16.2. The first-order valence-corrected chi connectivity index (χ1v) is 7.05. The molecule has 1 heterocycles. The van der Waals surface area contributed by atoms with Crippen molar-refractivity contribution < 1.29 is 14.7 Å². The molecule has 0 spiro atoms. The van der Waals surface area contributed by atoms with Gasteiger partial charge in [0.05, 0.1) is 11.8 Å². The molecule has 0 saturated heterocycles. The maximum Gasteiger partial charge on any atom is 0.315 e. The van der Waals surface area contributed by atoms with E-state index in [1.807, 2.05) is 6.07 Å². The topological polar surface area (TPSA) is 84.2 Å². The second kappa shape index (κ2) is 6.43. The van der Waals surface area contributed by atoms with Gasteiger partial charge in [-0.2, -0.15) is 5.10 Å². The summed E-state index contributed by atoms with van der Waals surface area (Å²) in [5, 5.41) is 16.3. The molecule has 2 rings (SSSR count). The number of rotatable bonds is 6. The Morgan fingerprint density at radius 2 is 2.00 bits per heavy atom. The van der Waals surface area contributed by atoms with Crippen molar-refractivity contribution in [1.82, 2.24) is 15.1 Å². The van der Waals surface area contributed by atoms with Crippen LogP contribution in [-0.2, 0) is 17.3 Å². The van der Waals surface area contributed by atoms with Crippen molar-refractivity contribution in [1.29, 1.82) is 0 Å². The van der Waals surface area contributed by atoms with Gasteiger partial charge in [-0.3, -0.25) is 14.3 Å². The van der Waals surface area contributed by atoms with Crippen LogP contribution in [0.5, 0.6) is 0 Å². The van der Waals surface area contributed by atoms with E-state index < -0.39 is 11.4 Å². The fourth-order valence-electron chi connectivity index (χ4n) is 2.41. The third kappa shape index (κ3) is 3.00. The van der Waals surface area contributed by atoms with Crippen LogP contribution >= 0.6 is 0 Å². The lowest BCUT2D eigenvalue weighted by Gasteiger charge is -2.29. The van der Waals surface area contributed by atoms with Crippen molar-refractivity contribution in [3.8, 4) is 0 Å². The zero-order valence-electron chi connectivity index (χ0n) is 12.6. The van der Waals surface area contributed by atoms with Crippen LogP contribution in [0.4, 0.5) is 0 Å². The van der Waals surface area contributed by atoms with Crippen molar-refractivity contribution >= 4 is 11.9 Å². The molecule has 0 radical (unpaired) electrons. The minimum Gasteiger partial charge on any atom is -0.481 e. The zero-order valence-corrected chi connectivity index (χ0v) is 12.6. The Labute approximate surface area is 128 Å². The van der Waals surface area contributed by atoms with Crippen LogP contribution in [0.3, 0.4) is 0 Å². The molecule has 22 heavy (non-hydrogen) atoms. The summed E-state index contributed by atoms with van der Waals surface area (Å²) in [5.74, 6) is -1.28. The highest BCUT2D eigenvalue weighted by Gasteiger charge is 2.39. The first-order valence-electron chi connectivity index (χ1n) is 7.05. The molecule has 0 aliphatic rings. The third-order valence-corrected chi connectivity index (χ3v) is 3.86. The number of carbonyl (C=O) groups is 2. The van der Waals surface area contributed by atoms with Crippen LogP contribution in [0, 0.1) is 0 Å². The Balaban J connectivity index is 2.21. The minimum absolute atomic E-state index is 0.0244. The van der Waals surface area contributed by atoms with Crippen LogP contribution in [0.15, 0.2) is 42.7 Å². The van der Waals surface area contributed by atoms with Crippen LogP contribution in [-0.4, -0.2) is 33.3 Å². The number of aliphatic carboxylic acids is 1. The molecule has 0 saturated carbocycles. The fraction of sp³-hybridized carbons (Fsp3) is 0.312. The lowest BCUT2D eigenvalue weighted by Crippen LogP contribution is -2.46. The number of carboxylic acids is 1. The van der Waals surface area contributed by atoms with E-state index >= 15 is 0 Å². The van der Waals surface area contributed by atoms with E-state index in [4.69, 9.17) is 0 Å². The Morgan fingerprint density at radius 3 is 2.50 bits per heavy atom. The fourth-order valence-corrected chi connectivity index (χ4v) is 2.41. The molecule has 1 aromatic carbocycles. The molecule has 1 atom stereocenters. The lowest BCUT2D eigenvalue weighted by atomic mass is 9.78. The first kappa shape index (κ1) is 15.8. The van der Waals surface area contributed by atoms with Crippen LogP contribution in [0.25, 0.3) is 0 Å². The van der Waals surface area contributed by atoms with Gasteiger partial charge in [0.1, 0.15) is 5.41 Å². The predicted octanol–water partition coefficient (Wildman–Crippen LogP) is 1.58. The number of nitrogens with zero attached hydrogens (tertiary/aromatic N) is 2. The molecule has 116 valence electrons. The summed E-state index contributed by atoms with van der Waals surface area (Å²) in [6.45, 7) is 1.83. The highest BCUT2D eigenvalue weighted by molar-refractivity contribution is 5.94. The van der Waals surface area contributed by atoms with E-state index in [9.17, 15) is 14.7 Å². The molecule has 2 N–H and O–H groups in total. The van der Waals surface area contributed by atoms with Crippen molar-refractivity contribution in [3.05, 3.63) is 53.9 Å². The average Bonchev–Trinajstić information content (AvgIpc) is 2.95. The molecule has 1 unspecified atom stereocenters. The Bertz CT molecular complexity index is 666. The highest BCUT2D eigenvalue weighted by atomic mass is 16.4. The molecular formula is C16H19N3O3. The third-order valence-electron chi connectivity index (χ3n) is 3.86. The van der Waals surface area contributed by atoms with Gasteiger partial charge in [0, 0.05) is 19.8 Å². The number of amides is 1. The lowest BCUT2D eigenvalue weighted by molar-refractivity contribution is -0.143. The van der Waals surface area contributed by atoms with Gasteiger partial charge in [0.15, 0.2) is 0 Å². The van der Waals surface area contributed by atoms with Gasteiger partial charge >= 0.3 is 5.97 Å². The maximum atomic E-state index is 12.1. The largest absolute Gasteiger partial charge is 0.481 e. The Morgan fingerprint density at radius 1 is 1.32 bits per heavy atom. The molecule has 6 nitrogen and oxygen atoms in total. The normalized spacial score (nSPS) is 13.4. The molecule has 1 aromatic heterocycles. The summed E-state index contributed by atoms with van der Waals surface area (Å²) in [5.41, 5.74) is -0.0542. The number of hydrogen-bond donors (Lipinski definition) is 2. The number of aromatic nitrogens is 2. The molecule has 0 aliphatic carbocycles. The van der Waals surface area contributed by atoms with E-state index in [0.29, 0.717) is 17.5 Å². The van der Waals surface area contributed by atoms with Crippen molar-refractivity contribution in [2.24, 2.45) is 7.05 Å². The van der Waals surface area contributed by atoms with E-state index in [0.717, 1.165) is 0 Å². The Kier molecular flexibility index (Phi) is 4.60. The van der Waals surface area contributed by atoms with Gasteiger partial charge in [-0.25, -0.2) is 0 Å². The number of benzene rings is 1. The van der Waals surface area contributed by atoms with Crippen LogP contribution in [0.2, 0.25) is 0 Å². The highest BCUT2D eigenvalue weighted by Crippen LogP contribution is 2.28. The molecule has 0 bridgehead atoms. The van der Waals surface area contributed by atoms with E-state index in [2.05, 4.69) is 10.4 Å². The number of aryl methyl sites for hydroxylation is 1. The predicted molar refractivity (Wildman–Crippen MR) is 81.6 cm³/mol. The summed E-state index contributed by atoms with van der Waals surface area (Å²) >= 11 is 0. The monoisotopic (exact) mass is 301 g/mol. The minimum atomic E-state index is -1.14. The standard InChI is InChI=1S/C16H19N3O3/c1-3-16(15(21)22,13-7-5-4-6-8-13)11-17-14(20)12-9-18-19(2)10-12/h4-10H,3,11H2,1-2H3,(H,17,20)(H,21,22). The quantitative estimate of drug-likeness (QED) is 0.848. The molecule has 1 amide bonds. The van der Waals surface area contributed by atoms with Gasteiger partial charge in [-0.15, -0.1) is 0 Å². The van der Waals surface area contributed by atoms with Gasteiger partial charge in [0.25, 0.3) is 5.91 Å². The number of carboxylic acid groups (broad SMARTS) is 1. The van der Waals surface area contributed by atoms with Crippen molar-refractivity contribution in [2.75, 3.05) is 6.54 Å². The molecule has 2 aromatic rings. The van der Waals surface area contributed by atoms with Gasteiger partial charge in [-0.1, -0.05) is 37.3 Å². The van der Waals surface area contributed by atoms with Crippen LogP contribution in [0.1, 0.15) is 29.3 Å². The number of carbonyl (C=O) groups excluding carboxylic acids is 1. The van der Waals surface area contributed by atoms with E-state index in [1.165, 1.54) is 10.9 Å². The second-order valence-corrected chi connectivity index (χ2v) is 5.19. The average molecular weight is 301 g/mol. The summed E-state index contributed by atoms with van der Waals surface area (Å²) in [4.78, 5) is 24.0. The summed E-state index contributed by atoms with van der Waals surface area (Å²) in [7, 11) is 1.72. The smallest absolute Gasteiger partial charge is 0.315 e. The second-order valence-electron chi connectivity index (χ2n) is 5.19.